The lowest BCUT2D eigenvalue weighted by Crippen LogP contribution is -2.06. The molecular weight excluding hydrogens is 462 g/mol. The number of ether oxygens (including phenoxy) is 1. The van der Waals surface area contributed by atoms with Gasteiger partial charge in [-0.3, -0.25) is 0 Å². The molecule has 0 radical (unpaired) electrons. The lowest BCUT2D eigenvalue weighted by molar-refractivity contribution is 0.0473. The van der Waals surface area contributed by atoms with Gasteiger partial charge in [0.1, 0.15) is 30.0 Å². The minimum Gasteiger partial charge on any atom is -0.457 e. The Bertz CT molecular complexity index is 1560. The van der Waals surface area contributed by atoms with Crippen LogP contribution in [-0.2, 0) is 11.3 Å². The first-order valence-corrected chi connectivity index (χ1v) is 11.2. The van der Waals surface area contributed by atoms with Gasteiger partial charge in [-0.25, -0.2) is 9.78 Å². The van der Waals surface area contributed by atoms with Gasteiger partial charge in [-0.15, -0.1) is 0 Å². The van der Waals surface area contributed by atoms with Crippen molar-refractivity contribution in [3.8, 4) is 17.4 Å². The summed E-state index contributed by atoms with van der Waals surface area (Å²) >= 11 is 6.27. The maximum absolute atomic E-state index is 12.6. The highest BCUT2D eigenvalue weighted by Gasteiger charge is 2.16. The summed E-state index contributed by atoms with van der Waals surface area (Å²) in [5.41, 5.74) is 3.74. The minimum absolute atomic E-state index is 0.147. The number of aromatic nitrogens is 2. The highest BCUT2D eigenvalue weighted by atomic mass is 35.5. The van der Waals surface area contributed by atoms with E-state index < -0.39 is 5.97 Å². The molecule has 1 N–H and O–H groups in total. The third-order valence-corrected chi connectivity index (χ3v) is 5.69. The lowest BCUT2D eigenvalue weighted by Gasteiger charge is -2.08. The zero-order valence-electron chi connectivity index (χ0n) is 18.4. The molecule has 5 rings (SSSR count). The van der Waals surface area contributed by atoms with E-state index in [2.05, 4.69) is 16.0 Å². The maximum atomic E-state index is 12.6. The maximum Gasteiger partial charge on any atom is 0.340 e. The van der Waals surface area contributed by atoms with E-state index in [4.69, 9.17) is 20.8 Å². The largest absolute Gasteiger partial charge is 0.457 e. The molecule has 0 amide bonds. The van der Waals surface area contributed by atoms with E-state index in [-0.39, 0.29) is 17.2 Å². The Morgan fingerprint density at radius 2 is 1.86 bits per heavy atom. The second-order valence-corrected chi connectivity index (χ2v) is 8.14. The molecule has 0 unspecified atom stereocenters. The number of nitrogens with zero attached hydrogens (tertiary/aromatic N) is 2. The molecule has 3 aromatic carbocycles. The van der Waals surface area contributed by atoms with Crippen molar-refractivity contribution in [1.29, 1.82) is 5.26 Å². The molecule has 170 valence electrons. The molecule has 0 fully saturated rings. The van der Waals surface area contributed by atoms with Crippen LogP contribution >= 0.6 is 11.6 Å². The van der Waals surface area contributed by atoms with Crippen LogP contribution in [0.1, 0.15) is 27.5 Å². The number of H-pyrrole nitrogens is 1. The molecule has 0 atom stereocenters. The number of nitrogens with one attached hydrogen (secondary N) is 1. The van der Waals surface area contributed by atoms with E-state index in [0.717, 1.165) is 16.6 Å². The Balaban J connectivity index is 1.38. The van der Waals surface area contributed by atoms with Crippen LogP contribution in [0.25, 0.3) is 34.0 Å². The van der Waals surface area contributed by atoms with E-state index in [0.29, 0.717) is 28.5 Å². The van der Waals surface area contributed by atoms with Gasteiger partial charge < -0.3 is 14.1 Å². The van der Waals surface area contributed by atoms with Crippen molar-refractivity contribution in [3.05, 3.63) is 113 Å². The van der Waals surface area contributed by atoms with Gasteiger partial charge in [0.15, 0.2) is 0 Å². The number of aromatic amines is 1. The summed E-state index contributed by atoms with van der Waals surface area (Å²) in [4.78, 5) is 20.3. The van der Waals surface area contributed by atoms with Crippen LogP contribution in [-0.4, -0.2) is 15.9 Å². The lowest BCUT2D eigenvalue weighted by atomic mass is 10.1. The molecule has 0 aliphatic rings. The molecule has 6 nitrogen and oxygen atoms in total. The normalized spacial score (nSPS) is 11.4. The summed E-state index contributed by atoms with van der Waals surface area (Å²) in [5, 5.41) is 9.95. The van der Waals surface area contributed by atoms with Crippen LogP contribution in [0.3, 0.4) is 0 Å². The molecule has 0 saturated carbocycles. The first-order valence-electron chi connectivity index (χ1n) is 10.8. The van der Waals surface area contributed by atoms with Crippen molar-refractivity contribution in [3.63, 3.8) is 0 Å². The average Bonchev–Trinajstić information content (AvgIpc) is 3.54. The number of allylic oxidation sites excluding steroid dienone is 1. The van der Waals surface area contributed by atoms with E-state index in [9.17, 15) is 10.1 Å². The third-order valence-electron chi connectivity index (χ3n) is 5.36. The Morgan fingerprint density at radius 3 is 2.66 bits per heavy atom. The molecule has 0 aliphatic carbocycles. The van der Waals surface area contributed by atoms with Crippen molar-refractivity contribution in [2.75, 3.05) is 0 Å². The molecule has 2 heterocycles. The zero-order chi connectivity index (χ0) is 24.2. The predicted molar refractivity (Wildman–Crippen MR) is 134 cm³/mol. The number of esters is 1. The number of hydrogen-bond acceptors (Lipinski definition) is 5. The molecule has 0 spiro atoms. The Morgan fingerprint density at radius 1 is 1.06 bits per heavy atom. The number of nitriles is 1. The van der Waals surface area contributed by atoms with Gasteiger partial charge in [-0.05, 0) is 48.0 Å². The molecule has 35 heavy (non-hydrogen) atoms. The average molecular weight is 480 g/mol. The number of imidazole rings is 1. The summed E-state index contributed by atoms with van der Waals surface area (Å²) in [6.45, 7) is 0.147. The standard InChI is InChI=1S/C28H18ClN3O3/c29-23-12-10-19(15-22(23)28(33)34-17-18-6-2-1-3-7-18)26-13-11-21(35-26)14-20(16-30)27-31-24-8-4-5-9-25(24)32-27/h1-15H,17H2,(H,31,32)/b20-14-. The number of rotatable bonds is 6. The smallest absolute Gasteiger partial charge is 0.340 e. The Kier molecular flexibility index (Phi) is 6.16. The van der Waals surface area contributed by atoms with Gasteiger partial charge >= 0.3 is 5.97 Å². The molecule has 5 aromatic rings. The van der Waals surface area contributed by atoms with Crippen molar-refractivity contribution in [1.82, 2.24) is 9.97 Å². The second kappa shape index (κ2) is 9.72. The molecule has 2 aromatic heterocycles. The van der Waals surface area contributed by atoms with E-state index in [1.165, 1.54) is 0 Å². The molecule has 0 bridgehead atoms. The third kappa shape index (κ3) is 4.86. The monoisotopic (exact) mass is 479 g/mol. The quantitative estimate of drug-likeness (QED) is 0.211. The van der Waals surface area contributed by atoms with Crippen molar-refractivity contribution in [2.24, 2.45) is 0 Å². The first kappa shape index (κ1) is 22.2. The van der Waals surface area contributed by atoms with E-state index in [1.807, 2.05) is 54.6 Å². The fraction of sp³-hybridized carbons (Fsp3) is 0.0357. The zero-order valence-corrected chi connectivity index (χ0v) is 19.1. The van der Waals surface area contributed by atoms with E-state index in [1.54, 1.807) is 36.4 Å². The van der Waals surface area contributed by atoms with Crippen molar-refractivity contribution >= 4 is 40.3 Å². The molecule has 0 saturated heterocycles. The highest BCUT2D eigenvalue weighted by molar-refractivity contribution is 6.33. The minimum atomic E-state index is -0.524. The van der Waals surface area contributed by atoms with Gasteiger partial charge in [-0.2, -0.15) is 5.26 Å². The van der Waals surface area contributed by atoms with Gasteiger partial charge in [0, 0.05) is 11.6 Å². The van der Waals surface area contributed by atoms with Gasteiger partial charge in [0.2, 0.25) is 0 Å². The number of halogens is 1. The Labute approximate surface area is 206 Å². The number of para-hydroxylation sites is 2. The summed E-state index contributed by atoms with van der Waals surface area (Å²) < 4.78 is 11.4. The number of carbonyl (C=O) groups is 1. The van der Waals surface area contributed by atoms with E-state index >= 15 is 0 Å². The van der Waals surface area contributed by atoms with Crippen molar-refractivity contribution in [2.45, 2.75) is 6.61 Å². The van der Waals surface area contributed by atoms with Crippen LogP contribution in [0.4, 0.5) is 0 Å². The Hall–Kier alpha value is -4.60. The first-order chi connectivity index (χ1) is 17.1. The number of fused-ring (bicyclic) bond motifs is 1. The topological polar surface area (TPSA) is 91.9 Å². The fourth-order valence-corrected chi connectivity index (χ4v) is 3.79. The SMILES string of the molecule is N#C/C(=C/c1ccc(-c2ccc(Cl)c(C(=O)OCc3ccccc3)c2)o1)c1nc2ccccc2[nH]1. The van der Waals surface area contributed by atoms with Crippen LogP contribution in [0.2, 0.25) is 5.02 Å². The van der Waals surface area contributed by atoms with Crippen LogP contribution in [0, 0.1) is 11.3 Å². The second-order valence-electron chi connectivity index (χ2n) is 7.73. The van der Waals surface area contributed by atoms with Gasteiger partial charge in [0.05, 0.1) is 27.2 Å². The number of carbonyl (C=O) groups excluding carboxylic acids is 1. The van der Waals surface area contributed by atoms with Gasteiger partial charge in [-0.1, -0.05) is 54.1 Å². The van der Waals surface area contributed by atoms with Crippen molar-refractivity contribution < 1.29 is 13.9 Å². The number of furan rings is 1. The predicted octanol–water partition coefficient (Wildman–Crippen LogP) is 6.90. The molecule has 7 heteroatoms. The summed E-state index contributed by atoms with van der Waals surface area (Å²) in [7, 11) is 0. The highest BCUT2D eigenvalue weighted by Crippen LogP contribution is 2.29. The van der Waals surface area contributed by atoms with Crippen LogP contribution in [0.15, 0.2) is 89.3 Å². The fourth-order valence-electron chi connectivity index (χ4n) is 3.60. The number of hydrogen-bond donors (Lipinski definition) is 1. The van der Waals surface area contributed by atoms with Crippen LogP contribution < -0.4 is 0 Å². The number of benzene rings is 3. The summed E-state index contributed by atoms with van der Waals surface area (Å²) in [5.74, 6) is 0.928. The summed E-state index contributed by atoms with van der Waals surface area (Å²) in [6.07, 6.45) is 1.62. The summed E-state index contributed by atoms with van der Waals surface area (Å²) in [6, 6.07) is 27.7. The molecular formula is C28H18ClN3O3. The van der Waals surface area contributed by atoms with Crippen LogP contribution in [0.5, 0.6) is 0 Å². The molecule has 0 aliphatic heterocycles. The van der Waals surface area contributed by atoms with Gasteiger partial charge in [0.25, 0.3) is 0 Å².